The van der Waals surface area contributed by atoms with Gasteiger partial charge in [-0.05, 0) is 46.7 Å². The predicted molar refractivity (Wildman–Crippen MR) is 90.0 cm³/mol. The smallest absolute Gasteiger partial charge is 0.317 e. The monoisotopic (exact) mass is 338 g/mol. The second-order valence-corrected chi connectivity index (χ2v) is 6.07. The Labute approximate surface area is 138 Å². The van der Waals surface area contributed by atoms with E-state index >= 15 is 0 Å². The highest BCUT2D eigenvalue weighted by molar-refractivity contribution is 4.90. The van der Waals surface area contributed by atoms with E-state index in [-0.39, 0.29) is 18.1 Å². The Morgan fingerprint density at radius 1 is 1.26 bits per heavy atom. The van der Waals surface area contributed by atoms with Crippen molar-refractivity contribution in [3.05, 3.63) is 12.7 Å². The largest absolute Gasteiger partial charge is 0.389 e. The minimum Gasteiger partial charge on any atom is -0.317 e. The fourth-order valence-electron chi connectivity index (χ4n) is 2.70. The van der Waals surface area contributed by atoms with Crippen molar-refractivity contribution in [1.29, 1.82) is 0 Å². The van der Waals surface area contributed by atoms with Crippen molar-refractivity contribution in [3.63, 3.8) is 0 Å². The number of nitrogens with one attached hydrogen (secondary N) is 3. The van der Waals surface area contributed by atoms with Gasteiger partial charge >= 0.3 is 6.18 Å². The lowest BCUT2D eigenvalue weighted by atomic mass is 9.97. The second-order valence-electron chi connectivity index (χ2n) is 6.07. The zero-order valence-corrected chi connectivity index (χ0v) is 15.1. The van der Waals surface area contributed by atoms with Gasteiger partial charge in [0.2, 0.25) is 0 Å². The highest BCUT2D eigenvalue weighted by Gasteiger charge is 2.33. The second kappa shape index (κ2) is 10.3. The molecule has 0 radical (unpaired) electrons. The van der Waals surface area contributed by atoms with Gasteiger partial charge in [0.1, 0.15) is 0 Å². The molecular formula is C16H33F3N4. The molecule has 23 heavy (non-hydrogen) atoms. The summed E-state index contributed by atoms with van der Waals surface area (Å²) in [5.41, 5.74) is 3.00. The summed E-state index contributed by atoms with van der Waals surface area (Å²) in [6.45, 7) is 7.92. The van der Waals surface area contributed by atoms with Gasteiger partial charge in [-0.25, -0.2) is 10.4 Å². The van der Waals surface area contributed by atoms with Crippen molar-refractivity contribution in [2.75, 3.05) is 21.1 Å². The SMILES string of the molecule is C=CC(CCCC(F)(F)F)NN(C)C(CC)(CC(C)NC)NC. The van der Waals surface area contributed by atoms with Crippen LogP contribution in [0.2, 0.25) is 0 Å². The first-order valence-corrected chi connectivity index (χ1v) is 8.19. The Morgan fingerprint density at radius 3 is 2.26 bits per heavy atom. The first-order chi connectivity index (χ1) is 10.6. The lowest BCUT2D eigenvalue weighted by Crippen LogP contribution is -2.63. The Kier molecular flexibility index (Phi) is 10.00. The van der Waals surface area contributed by atoms with Crippen LogP contribution >= 0.6 is 0 Å². The summed E-state index contributed by atoms with van der Waals surface area (Å²) in [7, 11) is 5.73. The van der Waals surface area contributed by atoms with Gasteiger partial charge in [0, 0.05) is 25.6 Å². The van der Waals surface area contributed by atoms with Gasteiger partial charge in [-0.2, -0.15) is 13.2 Å². The van der Waals surface area contributed by atoms with Gasteiger partial charge in [-0.15, -0.1) is 6.58 Å². The summed E-state index contributed by atoms with van der Waals surface area (Å²) in [5, 5.41) is 8.54. The number of rotatable bonds is 12. The summed E-state index contributed by atoms with van der Waals surface area (Å²) in [6.07, 6.45) is -0.990. The van der Waals surface area contributed by atoms with Crippen LogP contribution in [0.4, 0.5) is 13.2 Å². The highest BCUT2D eigenvalue weighted by atomic mass is 19.4. The van der Waals surface area contributed by atoms with Crippen LogP contribution in [0.25, 0.3) is 0 Å². The molecule has 0 aromatic carbocycles. The Bertz CT molecular complexity index is 330. The Morgan fingerprint density at radius 2 is 1.87 bits per heavy atom. The third-order valence-corrected chi connectivity index (χ3v) is 4.45. The zero-order valence-electron chi connectivity index (χ0n) is 15.1. The first kappa shape index (κ1) is 22.4. The fraction of sp³-hybridized carbons (Fsp3) is 0.875. The average Bonchev–Trinajstić information content (AvgIpc) is 2.49. The van der Waals surface area contributed by atoms with E-state index < -0.39 is 12.6 Å². The number of alkyl halides is 3. The van der Waals surface area contributed by atoms with E-state index in [4.69, 9.17) is 0 Å². The van der Waals surface area contributed by atoms with Gasteiger partial charge in [-0.3, -0.25) is 0 Å². The van der Waals surface area contributed by atoms with Crippen molar-refractivity contribution < 1.29 is 13.2 Å². The van der Waals surface area contributed by atoms with Crippen molar-refractivity contribution in [2.24, 2.45) is 0 Å². The zero-order chi connectivity index (χ0) is 18.1. The van der Waals surface area contributed by atoms with Gasteiger partial charge in [0.25, 0.3) is 0 Å². The van der Waals surface area contributed by atoms with Gasteiger partial charge in [-0.1, -0.05) is 13.0 Å². The van der Waals surface area contributed by atoms with Crippen LogP contribution in [-0.2, 0) is 0 Å². The highest BCUT2D eigenvalue weighted by Crippen LogP contribution is 2.24. The maximum Gasteiger partial charge on any atom is 0.389 e. The fourth-order valence-corrected chi connectivity index (χ4v) is 2.70. The molecule has 0 aliphatic heterocycles. The molecule has 3 unspecified atom stereocenters. The van der Waals surface area contributed by atoms with Crippen molar-refractivity contribution in [1.82, 2.24) is 21.1 Å². The van der Waals surface area contributed by atoms with Crippen LogP contribution in [-0.4, -0.2) is 50.1 Å². The van der Waals surface area contributed by atoms with Crippen molar-refractivity contribution in [3.8, 4) is 0 Å². The van der Waals surface area contributed by atoms with Gasteiger partial charge < -0.3 is 10.6 Å². The molecule has 0 aromatic rings. The molecule has 0 spiro atoms. The summed E-state index contributed by atoms with van der Waals surface area (Å²) >= 11 is 0. The van der Waals surface area contributed by atoms with E-state index in [2.05, 4.69) is 36.5 Å². The van der Waals surface area contributed by atoms with Crippen LogP contribution in [0.3, 0.4) is 0 Å². The molecule has 0 saturated heterocycles. The lowest BCUT2D eigenvalue weighted by molar-refractivity contribution is -0.136. The minimum atomic E-state index is -4.10. The standard InChI is InChI=1S/C16H33F3N4/c1-7-14(10-9-11-16(17,18)19)22-23(6)15(8-2,21-5)12-13(3)20-4/h7,13-14,20-22H,1,8-12H2,2-6H3. The minimum absolute atomic E-state index is 0.0899. The Balaban J connectivity index is 4.73. The first-order valence-electron chi connectivity index (χ1n) is 8.19. The molecule has 0 aliphatic carbocycles. The maximum atomic E-state index is 12.3. The van der Waals surface area contributed by atoms with E-state index in [9.17, 15) is 13.2 Å². The van der Waals surface area contributed by atoms with Crippen molar-refractivity contribution in [2.45, 2.75) is 69.9 Å². The summed E-state index contributed by atoms with van der Waals surface area (Å²) < 4.78 is 36.8. The lowest BCUT2D eigenvalue weighted by Gasteiger charge is -2.44. The van der Waals surface area contributed by atoms with Crippen LogP contribution in [0.5, 0.6) is 0 Å². The average molecular weight is 338 g/mol. The number of hydrazine groups is 1. The molecule has 3 atom stereocenters. The van der Waals surface area contributed by atoms with Gasteiger partial charge in [0.15, 0.2) is 0 Å². The number of hydrogen-bond acceptors (Lipinski definition) is 4. The van der Waals surface area contributed by atoms with Crippen LogP contribution < -0.4 is 16.1 Å². The van der Waals surface area contributed by atoms with Crippen LogP contribution in [0.15, 0.2) is 12.7 Å². The predicted octanol–water partition coefficient (Wildman–Crippen LogP) is 3.03. The molecule has 0 aliphatic rings. The van der Waals surface area contributed by atoms with E-state index in [1.165, 1.54) is 0 Å². The van der Waals surface area contributed by atoms with E-state index in [1.807, 2.05) is 26.2 Å². The number of halogens is 3. The molecule has 0 bridgehead atoms. The van der Waals surface area contributed by atoms with E-state index in [0.717, 1.165) is 12.8 Å². The molecular weight excluding hydrogens is 305 g/mol. The molecule has 7 heteroatoms. The van der Waals surface area contributed by atoms with Crippen molar-refractivity contribution >= 4 is 0 Å². The normalized spacial score (nSPS) is 17.8. The molecule has 0 rings (SSSR count). The topological polar surface area (TPSA) is 39.3 Å². The number of nitrogens with zero attached hydrogens (tertiary/aromatic N) is 1. The summed E-state index contributed by atoms with van der Waals surface area (Å²) in [6, 6.07) is 0.116. The van der Waals surface area contributed by atoms with Gasteiger partial charge in [0.05, 0.1) is 5.66 Å². The van der Waals surface area contributed by atoms with Crippen LogP contribution in [0.1, 0.15) is 46.0 Å². The summed E-state index contributed by atoms with van der Waals surface area (Å²) in [4.78, 5) is 0. The Hall–Kier alpha value is -0.630. The molecule has 0 saturated carbocycles. The van der Waals surface area contributed by atoms with E-state index in [0.29, 0.717) is 12.5 Å². The third kappa shape index (κ3) is 8.15. The third-order valence-electron chi connectivity index (χ3n) is 4.45. The molecule has 0 amide bonds. The quantitative estimate of drug-likeness (QED) is 0.291. The molecule has 0 fully saturated rings. The van der Waals surface area contributed by atoms with E-state index in [1.54, 1.807) is 6.08 Å². The van der Waals surface area contributed by atoms with Crippen LogP contribution in [0, 0.1) is 0 Å². The maximum absolute atomic E-state index is 12.3. The molecule has 4 nitrogen and oxygen atoms in total. The molecule has 138 valence electrons. The number of hydrogen-bond donors (Lipinski definition) is 3. The summed E-state index contributed by atoms with van der Waals surface area (Å²) in [5.74, 6) is 0. The molecule has 0 aromatic heterocycles. The molecule has 0 heterocycles. The molecule has 3 N–H and O–H groups in total.